The zero-order valence-electron chi connectivity index (χ0n) is 13.2. The average molecular weight is 344 g/mol. The van der Waals surface area contributed by atoms with Crippen molar-refractivity contribution in [1.82, 2.24) is 5.32 Å². The maximum atomic E-state index is 11.8. The fraction of sp³-hybridized carbons (Fsp3) is 0.158. The molecular weight excluding hydrogens is 326 g/mol. The van der Waals surface area contributed by atoms with Gasteiger partial charge in [-0.3, -0.25) is 4.79 Å². The lowest BCUT2D eigenvalue weighted by molar-refractivity contribution is -0.144. The van der Waals surface area contributed by atoms with Gasteiger partial charge in [0.05, 0.1) is 6.04 Å². The van der Waals surface area contributed by atoms with E-state index in [0.717, 1.165) is 11.1 Å². The lowest BCUT2D eigenvalue weighted by Gasteiger charge is -2.14. The Morgan fingerprint density at radius 2 is 1.79 bits per heavy atom. The number of amides is 1. The molecule has 0 heterocycles. The van der Waals surface area contributed by atoms with Gasteiger partial charge in [-0.1, -0.05) is 54.1 Å². The average Bonchev–Trinajstić information content (AvgIpc) is 2.59. The van der Waals surface area contributed by atoms with Gasteiger partial charge in [-0.25, -0.2) is 4.79 Å². The quantitative estimate of drug-likeness (QED) is 0.641. The van der Waals surface area contributed by atoms with Gasteiger partial charge >= 0.3 is 5.97 Å². The van der Waals surface area contributed by atoms with Gasteiger partial charge in [0.1, 0.15) is 0 Å². The molecule has 0 radical (unpaired) electrons. The third-order valence-corrected chi connectivity index (χ3v) is 3.56. The third kappa shape index (κ3) is 5.89. The van der Waals surface area contributed by atoms with Crippen LogP contribution in [0.5, 0.6) is 0 Å². The normalized spacial score (nSPS) is 11.9. The van der Waals surface area contributed by atoms with Crippen molar-refractivity contribution in [2.45, 2.75) is 13.0 Å². The number of esters is 1. The summed E-state index contributed by atoms with van der Waals surface area (Å²) in [5, 5.41) is 3.40. The Kier molecular flexibility index (Phi) is 6.58. The Bertz CT molecular complexity index is 711. The molecule has 4 nitrogen and oxygen atoms in total. The molecule has 2 aromatic rings. The van der Waals surface area contributed by atoms with Crippen molar-refractivity contribution >= 4 is 29.6 Å². The molecule has 0 bridgehead atoms. The van der Waals surface area contributed by atoms with Crippen LogP contribution in [0.3, 0.4) is 0 Å². The molecule has 0 aliphatic carbocycles. The third-order valence-electron chi connectivity index (χ3n) is 3.30. The van der Waals surface area contributed by atoms with Gasteiger partial charge in [-0.05, 0) is 36.3 Å². The number of carbonyl (C=O) groups is 2. The van der Waals surface area contributed by atoms with Crippen molar-refractivity contribution in [1.29, 1.82) is 0 Å². The van der Waals surface area contributed by atoms with E-state index in [-0.39, 0.29) is 18.6 Å². The van der Waals surface area contributed by atoms with E-state index >= 15 is 0 Å². The van der Waals surface area contributed by atoms with Gasteiger partial charge in [0.25, 0.3) is 5.91 Å². The molecule has 0 aliphatic rings. The lowest BCUT2D eigenvalue weighted by Crippen LogP contribution is -2.30. The van der Waals surface area contributed by atoms with Crippen molar-refractivity contribution in [3.8, 4) is 0 Å². The van der Waals surface area contributed by atoms with Crippen molar-refractivity contribution in [2.75, 3.05) is 6.61 Å². The van der Waals surface area contributed by atoms with Gasteiger partial charge in [-0.15, -0.1) is 0 Å². The second-order valence-electron chi connectivity index (χ2n) is 5.19. The summed E-state index contributed by atoms with van der Waals surface area (Å²) in [6, 6.07) is 16.4. The molecular formula is C19H18ClNO3. The second-order valence-corrected chi connectivity index (χ2v) is 5.63. The SMILES string of the molecule is C[C@@H](NC(=O)COC(=O)/C=C/c1ccccc1)c1ccc(Cl)cc1. The Labute approximate surface area is 146 Å². The summed E-state index contributed by atoms with van der Waals surface area (Å²) in [4.78, 5) is 23.4. The van der Waals surface area contributed by atoms with Crippen LogP contribution >= 0.6 is 11.6 Å². The first kappa shape index (κ1) is 17.8. The maximum Gasteiger partial charge on any atom is 0.331 e. The number of carbonyl (C=O) groups excluding carboxylic acids is 2. The summed E-state index contributed by atoms with van der Waals surface area (Å²) in [7, 11) is 0. The molecule has 1 amide bonds. The fourth-order valence-corrected chi connectivity index (χ4v) is 2.16. The van der Waals surface area contributed by atoms with E-state index in [4.69, 9.17) is 16.3 Å². The number of hydrogen-bond donors (Lipinski definition) is 1. The molecule has 24 heavy (non-hydrogen) atoms. The van der Waals surface area contributed by atoms with Crippen LogP contribution in [0.25, 0.3) is 6.08 Å². The van der Waals surface area contributed by atoms with E-state index in [2.05, 4.69) is 5.32 Å². The number of nitrogens with one attached hydrogen (secondary N) is 1. The maximum absolute atomic E-state index is 11.8. The van der Waals surface area contributed by atoms with Crippen LogP contribution < -0.4 is 5.32 Å². The van der Waals surface area contributed by atoms with Crippen molar-refractivity contribution in [3.63, 3.8) is 0 Å². The first-order chi connectivity index (χ1) is 11.5. The standard InChI is InChI=1S/C19H18ClNO3/c1-14(16-8-10-17(20)11-9-16)21-18(22)13-24-19(23)12-7-15-5-3-2-4-6-15/h2-12,14H,13H2,1H3,(H,21,22)/b12-7+/t14-/m1/s1. The fourth-order valence-electron chi connectivity index (χ4n) is 2.03. The topological polar surface area (TPSA) is 55.4 Å². The van der Waals surface area contributed by atoms with Crippen LogP contribution in [-0.2, 0) is 14.3 Å². The molecule has 124 valence electrons. The van der Waals surface area contributed by atoms with Crippen molar-refractivity contribution in [2.24, 2.45) is 0 Å². The van der Waals surface area contributed by atoms with Gasteiger partial charge in [0.2, 0.25) is 0 Å². The molecule has 0 unspecified atom stereocenters. The summed E-state index contributed by atoms with van der Waals surface area (Å²) < 4.78 is 4.92. The molecule has 2 aromatic carbocycles. The van der Waals surface area contributed by atoms with Crippen molar-refractivity contribution in [3.05, 3.63) is 76.8 Å². The van der Waals surface area contributed by atoms with E-state index in [9.17, 15) is 9.59 Å². The van der Waals surface area contributed by atoms with Crippen LogP contribution in [0.15, 0.2) is 60.7 Å². The highest BCUT2D eigenvalue weighted by Crippen LogP contribution is 2.15. The largest absolute Gasteiger partial charge is 0.452 e. The molecule has 2 rings (SSSR count). The van der Waals surface area contributed by atoms with E-state index in [1.54, 1.807) is 18.2 Å². The molecule has 0 fully saturated rings. The Morgan fingerprint density at radius 3 is 2.46 bits per heavy atom. The highest BCUT2D eigenvalue weighted by atomic mass is 35.5. The van der Waals surface area contributed by atoms with Crippen LogP contribution in [-0.4, -0.2) is 18.5 Å². The number of halogens is 1. The summed E-state index contributed by atoms with van der Waals surface area (Å²) in [6.07, 6.45) is 2.93. The number of ether oxygens (including phenoxy) is 1. The summed E-state index contributed by atoms with van der Waals surface area (Å²) in [5.74, 6) is -0.924. The van der Waals surface area contributed by atoms with Gasteiger partial charge in [0, 0.05) is 11.1 Å². The summed E-state index contributed by atoms with van der Waals surface area (Å²) in [5.41, 5.74) is 1.80. The molecule has 0 saturated heterocycles. The molecule has 0 spiro atoms. The minimum Gasteiger partial charge on any atom is -0.452 e. The lowest BCUT2D eigenvalue weighted by atomic mass is 10.1. The van der Waals surface area contributed by atoms with Crippen LogP contribution in [0, 0.1) is 0 Å². The molecule has 0 saturated carbocycles. The zero-order chi connectivity index (χ0) is 17.4. The molecule has 1 N–H and O–H groups in total. The van der Waals surface area contributed by atoms with Crippen LogP contribution in [0.4, 0.5) is 0 Å². The minimum atomic E-state index is -0.562. The number of rotatable bonds is 6. The highest BCUT2D eigenvalue weighted by molar-refractivity contribution is 6.30. The Balaban J connectivity index is 1.77. The van der Waals surface area contributed by atoms with Crippen LogP contribution in [0.1, 0.15) is 24.1 Å². The Hall–Kier alpha value is -2.59. The predicted octanol–water partition coefficient (Wildman–Crippen LogP) is 3.77. The Morgan fingerprint density at radius 1 is 1.12 bits per heavy atom. The summed E-state index contributed by atoms with van der Waals surface area (Å²) in [6.45, 7) is 1.52. The van der Waals surface area contributed by atoms with Gasteiger partial charge < -0.3 is 10.1 Å². The number of benzene rings is 2. The van der Waals surface area contributed by atoms with E-state index in [1.807, 2.05) is 49.4 Å². The van der Waals surface area contributed by atoms with Gasteiger partial charge in [-0.2, -0.15) is 0 Å². The molecule has 1 atom stereocenters. The first-order valence-corrected chi connectivity index (χ1v) is 7.87. The van der Waals surface area contributed by atoms with Crippen LogP contribution in [0.2, 0.25) is 5.02 Å². The first-order valence-electron chi connectivity index (χ1n) is 7.49. The minimum absolute atomic E-state index is 0.201. The van der Waals surface area contributed by atoms with Gasteiger partial charge in [0.15, 0.2) is 6.61 Å². The monoisotopic (exact) mass is 343 g/mol. The smallest absolute Gasteiger partial charge is 0.331 e. The molecule has 5 heteroatoms. The molecule has 0 aliphatic heterocycles. The van der Waals surface area contributed by atoms with E-state index in [0.29, 0.717) is 5.02 Å². The highest BCUT2D eigenvalue weighted by Gasteiger charge is 2.11. The van der Waals surface area contributed by atoms with E-state index < -0.39 is 5.97 Å². The summed E-state index contributed by atoms with van der Waals surface area (Å²) >= 11 is 5.83. The van der Waals surface area contributed by atoms with Crippen molar-refractivity contribution < 1.29 is 14.3 Å². The zero-order valence-corrected chi connectivity index (χ0v) is 14.0. The molecule has 0 aromatic heterocycles. The number of hydrogen-bond acceptors (Lipinski definition) is 3. The second kappa shape index (κ2) is 8.89. The predicted molar refractivity (Wildman–Crippen MR) is 94.4 cm³/mol. The van der Waals surface area contributed by atoms with E-state index in [1.165, 1.54) is 6.08 Å².